The minimum Gasteiger partial charge on any atom is -0.462 e. The molecule has 5 atom stereocenters. The molecule has 0 bridgehead atoms. The number of aliphatic hydroxyl groups is 1. The molecule has 0 saturated heterocycles. The third-order valence-electron chi connectivity index (χ3n) is 16.0. The molecule has 0 saturated carbocycles. The molecule has 0 radical (unpaired) electrons. The number of hydrogen-bond donors (Lipinski definition) is 3. The molecular formula is C69H134O17P2. The van der Waals surface area contributed by atoms with E-state index in [2.05, 4.69) is 41.5 Å². The van der Waals surface area contributed by atoms with Crippen molar-refractivity contribution < 1.29 is 80.2 Å². The second kappa shape index (κ2) is 61.3. The van der Waals surface area contributed by atoms with Crippen LogP contribution in [-0.2, 0) is 65.4 Å². The zero-order valence-corrected chi connectivity index (χ0v) is 58.8. The van der Waals surface area contributed by atoms with Gasteiger partial charge in [-0.25, -0.2) is 9.13 Å². The second-order valence-corrected chi connectivity index (χ2v) is 28.8. The van der Waals surface area contributed by atoms with Crippen LogP contribution >= 0.6 is 15.6 Å². The Bertz CT molecular complexity index is 1720. The first-order chi connectivity index (χ1) is 42.4. The van der Waals surface area contributed by atoms with Crippen molar-refractivity contribution >= 4 is 39.5 Å². The predicted molar refractivity (Wildman–Crippen MR) is 354 cm³/mol. The average Bonchev–Trinajstić information content (AvgIpc) is 3.62. The van der Waals surface area contributed by atoms with Crippen LogP contribution in [0.5, 0.6) is 0 Å². The number of carbonyl (C=O) groups is 4. The number of rotatable bonds is 68. The lowest BCUT2D eigenvalue weighted by molar-refractivity contribution is -0.161. The molecule has 0 fully saturated rings. The van der Waals surface area contributed by atoms with Gasteiger partial charge in [0.2, 0.25) is 0 Å². The summed E-state index contributed by atoms with van der Waals surface area (Å²) >= 11 is 0. The summed E-state index contributed by atoms with van der Waals surface area (Å²) in [6.07, 6.45) is 46.5. The van der Waals surface area contributed by atoms with Crippen molar-refractivity contribution in [2.24, 2.45) is 11.8 Å². The summed E-state index contributed by atoms with van der Waals surface area (Å²) in [6, 6.07) is 0. The molecule has 0 aromatic heterocycles. The van der Waals surface area contributed by atoms with E-state index >= 15 is 0 Å². The molecule has 0 rings (SSSR count). The average molecular weight is 1300 g/mol. The first-order valence-electron chi connectivity index (χ1n) is 36.0. The Morgan fingerprint density at radius 3 is 0.773 bits per heavy atom. The Balaban J connectivity index is 5.10. The number of esters is 4. The molecule has 0 spiro atoms. The molecule has 0 aliphatic rings. The highest BCUT2D eigenvalue weighted by Crippen LogP contribution is 2.45. The van der Waals surface area contributed by atoms with Gasteiger partial charge in [0.05, 0.1) is 26.4 Å². The van der Waals surface area contributed by atoms with Crippen LogP contribution in [0.3, 0.4) is 0 Å². The highest BCUT2D eigenvalue weighted by Gasteiger charge is 2.30. The van der Waals surface area contributed by atoms with Gasteiger partial charge in [0.1, 0.15) is 19.3 Å². The molecule has 522 valence electrons. The number of carbonyl (C=O) groups excluding carboxylic acids is 4. The van der Waals surface area contributed by atoms with Crippen molar-refractivity contribution in [1.29, 1.82) is 0 Å². The molecule has 17 nitrogen and oxygen atoms in total. The van der Waals surface area contributed by atoms with Crippen molar-refractivity contribution in [2.45, 2.75) is 368 Å². The molecule has 3 N–H and O–H groups in total. The lowest BCUT2D eigenvalue weighted by Crippen LogP contribution is -2.30. The number of phosphoric ester groups is 2. The van der Waals surface area contributed by atoms with Crippen molar-refractivity contribution in [3.8, 4) is 0 Å². The Labute approximate surface area is 537 Å². The lowest BCUT2D eigenvalue weighted by atomic mass is 10.0. The van der Waals surface area contributed by atoms with E-state index in [1.807, 2.05) is 0 Å². The van der Waals surface area contributed by atoms with Gasteiger partial charge in [-0.3, -0.25) is 37.3 Å². The number of hydrogen-bond acceptors (Lipinski definition) is 15. The van der Waals surface area contributed by atoms with Crippen LogP contribution in [0.1, 0.15) is 350 Å². The molecule has 2 unspecified atom stereocenters. The first-order valence-corrected chi connectivity index (χ1v) is 39.0. The predicted octanol–water partition coefficient (Wildman–Crippen LogP) is 19.6. The third-order valence-corrected chi connectivity index (χ3v) is 17.9. The van der Waals surface area contributed by atoms with E-state index in [0.29, 0.717) is 25.7 Å². The van der Waals surface area contributed by atoms with E-state index in [9.17, 15) is 43.2 Å². The maximum absolute atomic E-state index is 13.0. The fourth-order valence-corrected chi connectivity index (χ4v) is 12.0. The maximum atomic E-state index is 13.0. The van der Waals surface area contributed by atoms with Crippen LogP contribution in [0.2, 0.25) is 0 Å². The smallest absolute Gasteiger partial charge is 0.462 e. The quantitative estimate of drug-likeness (QED) is 0.0222. The second-order valence-electron chi connectivity index (χ2n) is 25.9. The van der Waals surface area contributed by atoms with E-state index in [0.717, 1.165) is 121 Å². The Morgan fingerprint density at radius 2 is 0.523 bits per heavy atom. The minimum absolute atomic E-state index is 0.103. The summed E-state index contributed by atoms with van der Waals surface area (Å²) in [6.45, 7) is 9.46. The van der Waals surface area contributed by atoms with Gasteiger partial charge in [0.15, 0.2) is 12.2 Å². The minimum atomic E-state index is -4.95. The van der Waals surface area contributed by atoms with Gasteiger partial charge in [-0.2, -0.15) is 0 Å². The van der Waals surface area contributed by atoms with Crippen LogP contribution in [0.15, 0.2) is 0 Å². The molecule has 0 aromatic carbocycles. The monoisotopic (exact) mass is 1300 g/mol. The van der Waals surface area contributed by atoms with Crippen molar-refractivity contribution in [2.75, 3.05) is 39.6 Å². The number of aliphatic hydroxyl groups excluding tert-OH is 1. The summed E-state index contributed by atoms with van der Waals surface area (Å²) in [4.78, 5) is 72.0. The van der Waals surface area contributed by atoms with Gasteiger partial charge in [-0.05, 0) is 37.5 Å². The van der Waals surface area contributed by atoms with E-state index in [4.69, 9.17) is 37.0 Å². The Hall–Kier alpha value is -1.94. The molecule has 19 heteroatoms. The fraction of sp³-hybridized carbons (Fsp3) is 0.942. The summed E-state index contributed by atoms with van der Waals surface area (Å²) in [5.74, 6) is -0.533. The third kappa shape index (κ3) is 62.8. The first kappa shape index (κ1) is 86.1. The molecule has 0 aliphatic heterocycles. The van der Waals surface area contributed by atoms with Gasteiger partial charge in [0.25, 0.3) is 0 Å². The summed E-state index contributed by atoms with van der Waals surface area (Å²) in [5, 5.41) is 10.5. The standard InChI is InChI=1S/C69H134O17P2/c1-7-9-11-13-32-41-47-53-68(73)85-64(57-79-66(71)51-45-37-12-10-8-2)59-83-87(75,76)81-55-63(70)56-82-88(77,78)84-60-65(86-69(74)54-48-42-36-31-27-23-19-15-17-21-25-29-34-39-44-50-62(5)6)58-80-67(72)52-46-40-35-30-26-22-18-14-16-20-24-28-33-38-43-49-61(3)4/h61-65,70H,7-60H2,1-6H3,(H,75,76)(H,77,78)/t63-,64+,65+/m0/s1. The molecule has 0 amide bonds. The Morgan fingerprint density at radius 1 is 0.307 bits per heavy atom. The van der Waals surface area contributed by atoms with Crippen molar-refractivity contribution in [1.82, 2.24) is 0 Å². The van der Waals surface area contributed by atoms with Gasteiger partial charge in [0, 0.05) is 25.7 Å². The van der Waals surface area contributed by atoms with Gasteiger partial charge in [-0.15, -0.1) is 0 Å². The summed E-state index contributed by atoms with van der Waals surface area (Å²) < 4.78 is 67.9. The number of ether oxygens (including phenoxy) is 4. The Kier molecular flexibility index (Phi) is 59.9. The highest BCUT2D eigenvalue weighted by molar-refractivity contribution is 7.47. The molecule has 0 aliphatic carbocycles. The lowest BCUT2D eigenvalue weighted by Gasteiger charge is -2.21. The maximum Gasteiger partial charge on any atom is 0.472 e. The van der Waals surface area contributed by atoms with Crippen LogP contribution in [-0.4, -0.2) is 96.7 Å². The summed E-state index contributed by atoms with van der Waals surface area (Å²) in [5.41, 5.74) is 0. The topological polar surface area (TPSA) is 237 Å². The van der Waals surface area contributed by atoms with E-state index in [1.165, 1.54) is 148 Å². The highest BCUT2D eigenvalue weighted by atomic mass is 31.2. The van der Waals surface area contributed by atoms with E-state index in [1.54, 1.807) is 0 Å². The largest absolute Gasteiger partial charge is 0.472 e. The van der Waals surface area contributed by atoms with E-state index < -0.39 is 97.5 Å². The fourth-order valence-electron chi connectivity index (χ4n) is 10.4. The van der Waals surface area contributed by atoms with Crippen molar-refractivity contribution in [3.63, 3.8) is 0 Å². The van der Waals surface area contributed by atoms with Crippen molar-refractivity contribution in [3.05, 3.63) is 0 Å². The normalized spacial score (nSPS) is 14.2. The molecule has 0 aromatic rings. The number of unbranched alkanes of at least 4 members (excludes halogenated alkanes) is 38. The molecule has 88 heavy (non-hydrogen) atoms. The number of phosphoric acid groups is 2. The SMILES string of the molecule is CCCCCCCCCC(=O)O[C@H](COC(=O)CCCCCCC)COP(=O)(O)OC[C@H](O)COP(=O)(O)OC[C@@H](COC(=O)CCCCCCCCCCCCCCCCCC(C)C)OC(=O)CCCCCCCCCCCCCCCCCC(C)C. The van der Waals surface area contributed by atoms with Gasteiger partial charge >= 0.3 is 39.5 Å². The van der Waals surface area contributed by atoms with Crippen LogP contribution in [0.4, 0.5) is 0 Å². The van der Waals surface area contributed by atoms with Gasteiger partial charge in [-0.1, -0.05) is 298 Å². The zero-order valence-electron chi connectivity index (χ0n) is 57.0. The van der Waals surface area contributed by atoms with Gasteiger partial charge < -0.3 is 33.8 Å². The van der Waals surface area contributed by atoms with Crippen LogP contribution in [0, 0.1) is 11.8 Å². The summed E-state index contributed by atoms with van der Waals surface area (Å²) in [7, 11) is -9.88. The molecule has 0 heterocycles. The van der Waals surface area contributed by atoms with Crippen LogP contribution in [0.25, 0.3) is 0 Å². The van der Waals surface area contributed by atoms with Crippen LogP contribution < -0.4 is 0 Å². The van der Waals surface area contributed by atoms with E-state index in [-0.39, 0.29) is 25.7 Å². The zero-order chi connectivity index (χ0) is 65.0. The molecular weight excluding hydrogens is 1160 g/mol.